The topological polar surface area (TPSA) is 92.7 Å². The highest BCUT2D eigenvalue weighted by molar-refractivity contribution is 7.92. The smallest absolute Gasteiger partial charge is 0.161 e. The van der Waals surface area contributed by atoms with Crippen LogP contribution in [0, 0.1) is 5.92 Å². The number of hydrogen-bond donors (Lipinski definition) is 1. The van der Waals surface area contributed by atoms with Gasteiger partial charge in [-0.3, -0.25) is 0 Å². The van der Waals surface area contributed by atoms with E-state index >= 15 is 0 Å². The molecule has 194 valence electrons. The van der Waals surface area contributed by atoms with Crippen molar-refractivity contribution in [2.24, 2.45) is 10.3 Å². The van der Waals surface area contributed by atoms with Crippen LogP contribution in [0.4, 0.5) is 5.82 Å². The summed E-state index contributed by atoms with van der Waals surface area (Å²) in [4.78, 5) is 14.4. The number of H-pyrrole nitrogens is 1. The van der Waals surface area contributed by atoms with E-state index in [9.17, 15) is 4.21 Å². The Hall–Kier alpha value is -2.81. The number of hydrogen-bond acceptors (Lipinski definition) is 7. The Labute approximate surface area is 214 Å². The molecule has 3 aromatic rings. The van der Waals surface area contributed by atoms with Crippen molar-refractivity contribution < 1.29 is 13.7 Å². The van der Waals surface area contributed by atoms with Crippen molar-refractivity contribution in [2.45, 2.75) is 57.2 Å². The monoisotopic (exact) mass is 511 g/mol. The number of fused-ring (bicyclic) bond motifs is 2. The summed E-state index contributed by atoms with van der Waals surface area (Å²) in [6, 6.07) is 8.42. The Morgan fingerprint density at radius 3 is 2.72 bits per heavy atom. The number of nitrogens with one attached hydrogen (secondary N) is 1. The van der Waals surface area contributed by atoms with Crippen LogP contribution >= 0.6 is 0 Å². The van der Waals surface area contributed by atoms with E-state index in [1.54, 1.807) is 6.33 Å². The first-order valence-electron chi connectivity index (χ1n) is 13.1. The molecule has 1 aliphatic carbocycles. The molecule has 36 heavy (non-hydrogen) atoms. The molecular weight excluding hydrogens is 474 g/mol. The first kappa shape index (κ1) is 24.9. The lowest BCUT2D eigenvalue weighted by Gasteiger charge is -2.35. The molecule has 1 aromatic carbocycles. The first-order valence-corrected chi connectivity index (χ1v) is 15.0. The number of benzene rings is 1. The quantitative estimate of drug-likeness (QED) is 0.447. The van der Waals surface area contributed by atoms with Crippen LogP contribution in [0.15, 0.2) is 41.2 Å². The summed E-state index contributed by atoms with van der Waals surface area (Å²) >= 11 is 0. The molecule has 1 N–H and O–H groups in total. The third-order valence-corrected chi connectivity index (χ3v) is 9.71. The number of ether oxygens (including phenoxy) is 2. The molecule has 0 saturated heterocycles. The second-order valence-corrected chi connectivity index (χ2v) is 12.4. The van der Waals surface area contributed by atoms with Crippen LogP contribution in [-0.4, -0.2) is 57.8 Å². The molecule has 1 atom stereocenters. The standard InChI is InChI=1S/C27H37N5O3S/c1-3-12-31-36(33,18-21-7-10-24-25(16-21)35-15-4-14-34-24)17-20-5-8-22(9-6-20)32(2)27-23-11-13-28-26(23)29-19-30-27/h7,10-11,13,16,19-20,22H,3-6,8-9,12,14-15,17-18H2,1-2H3,(H,28,29,30). The maximum Gasteiger partial charge on any atom is 0.161 e. The minimum Gasteiger partial charge on any atom is -0.490 e. The van der Waals surface area contributed by atoms with E-state index in [1.165, 1.54) is 0 Å². The molecule has 8 nitrogen and oxygen atoms in total. The van der Waals surface area contributed by atoms with Gasteiger partial charge >= 0.3 is 0 Å². The Bertz CT molecular complexity index is 1290. The van der Waals surface area contributed by atoms with E-state index < -0.39 is 9.73 Å². The van der Waals surface area contributed by atoms with Crippen molar-refractivity contribution in [3.63, 3.8) is 0 Å². The fourth-order valence-corrected chi connectivity index (χ4v) is 7.95. The highest BCUT2D eigenvalue weighted by atomic mass is 32.2. The predicted molar refractivity (Wildman–Crippen MR) is 144 cm³/mol. The van der Waals surface area contributed by atoms with Gasteiger partial charge in [-0.05, 0) is 61.8 Å². The Morgan fingerprint density at radius 2 is 1.92 bits per heavy atom. The number of aromatic amines is 1. The fourth-order valence-electron chi connectivity index (χ4n) is 5.35. The van der Waals surface area contributed by atoms with Gasteiger partial charge in [0.2, 0.25) is 0 Å². The largest absolute Gasteiger partial charge is 0.490 e. The second kappa shape index (κ2) is 11.1. The normalized spacial score (nSPS) is 21.5. The van der Waals surface area contributed by atoms with Crippen LogP contribution in [-0.2, 0) is 15.5 Å². The van der Waals surface area contributed by atoms with Crippen LogP contribution in [0.25, 0.3) is 11.0 Å². The lowest BCUT2D eigenvalue weighted by Crippen LogP contribution is -2.37. The molecule has 5 rings (SSSR count). The van der Waals surface area contributed by atoms with Crippen LogP contribution in [0.3, 0.4) is 0 Å². The van der Waals surface area contributed by atoms with Crippen molar-refractivity contribution in [1.29, 1.82) is 0 Å². The molecular formula is C27H37N5O3S. The average molecular weight is 512 g/mol. The average Bonchev–Trinajstić information content (AvgIpc) is 3.26. The SMILES string of the molecule is CCCN=S(=O)(Cc1ccc2c(c1)OCCCO2)CC1CCC(N(C)c2ncnc3[nH]ccc23)CC1. The molecule has 1 saturated carbocycles. The van der Waals surface area contributed by atoms with E-state index in [1.807, 2.05) is 30.5 Å². The van der Waals surface area contributed by atoms with E-state index in [0.717, 1.165) is 72.4 Å². The zero-order valence-corrected chi connectivity index (χ0v) is 22.1. The van der Waals surface area contributed by atoms with E-state index in [4.69, 9.17) is 13.8 Å². The number of anilines is 1. The molecule has 0 spiro atoms. The molecule has 1 fully saturated rings. The van der Waals surface area contributed by atoms with Gasteiger partial charge in [-0.1, -0.05) is 13.0 Å². The Balaban J connectivity index is 1.25. The highest BCUT2D eigenvalue weighted by Gasteiger charge is 2.28. The van der Waals surface area contributed by atoms with Gasteiger partial charge in [0.05, 0.1) is 34.1 Å². The van der Waals surface area contributed by atoms with Gasteiger partial charge in [-0.15, -0.1) is 0 Å². The van der Waals surface area contributed by atoms with Crippen molar-refractivity contribution in [2.75, 3.05) is 37.5 Å². The van der Waals surface area contributed by atoms with Gasteiger partial charge in [0.1, 0.15) is 17.8 Å². The molecule has 3 heterocycles. The predicted octanol–water partition coefficient (Wildman–Crippen LogP) is 5.19. The van der Waals surface area contributed by atoms with Gasteiger partial charge in [0, 0.05) is 38.0 Å². The van der Waals surface area contributed by atoms with Gasteiger partial charge < -0.3 is 19.4 Å². The molecule has 2 aromatic heterocycles. The maximum atomic E-state index is 14.1. The van der Waals surface area contributed by atoms with Gasteiger partial charge in [-0.25, -0.2) is 18.5 Å². The third-order valence-electron chi connectivity index (χ3n) is 7.28. The highest BCUT2D eigenvalue weighted by Crippen LogP contribution is 2.34. The van der Waals surface area contributed by atoms with Gasteiger partial charge in [0.25, 0.3) is 0 Å². The van der Waals surface area contributed by atoms with Gasteiger partial charge in [0.15, 0.2) is 11.5 Å². The van der Waals surface area contributed by atoms with Crippen molar-refractivity contribution in [3.05, 3.63) is 42.4 Å². The summed E-state index contributed by atoms with van der Waals surface area (Å²) in [7, 11) is -0.232. The van der Waals surface area contributed by atoms with E-state index in [2.05, 4.69) is 33.8 Å². The summed E-state index contributed by atoms with van der Waals surface area (Å²) < 4.78 is 30.5. The minimum atomic E-state index is -2.36. The minimum absolute atomic E-state index is 0.416. The summed E-state index contributed by atoms with van der Waals surface area (Å²) in [5.74, 6) is 4.05. The fraction of sp³-hybridized carbons (Fsp3) is 0.556. The molecule has 0 amide bonds. The summed E-state index contributed by atoms with van der Waals surface area (Å²) in [6.45, 7) is 4.04. The lowest BCUT2D eigenvalue weighted by molar-refractivity contribution is 0.297. The number of nitrogens with zero attached hydrogens (tertiary/aromatic N) is 4. The lowest BCUT2D eigenvalue weighted by atomic mass is 9.86. The molecule has 2 aliphatic rings. The zero-order valence-electron chi connectivity index (χ0n) is 21.3. The van der Waals surface area contributed by atoms with E-state index in [-0.39, 0.29) is 0 Å². The third kappa shape index (κ3) is 5.61. The van der Waals surface area contributed by atoms with Crippen LogP contribution in [0.5, 0.6) is 11.5 Å². The molecule has 1 aliphatic heterocycles. The summed E-state index contributed by atoms with van der Waals surface area (Å²) in [5.41, 5.74) is 1.88. The summed E-state index contributed by atoms with van der Waals surface area (Å²) in [6.07, 6.45) is 9.54. The molecule has 1 unspecified atom stereocenters. The van der Waals surface area contributed by atoms with Crippen LogP contribution in [0.1, 0.15) is 51.0 Å². The van der Waals surface area contributed by atoms with Crippen molar-refractivity contribution in [1.82, 2.24) is 15.0 Å². The zero-order chi connectivity index (χ0) is 25.0. The molecule has 9 heteroatoms. The second-order valence-electron chi connectivity index (χ2n) is 9.99. The van der Waals surface area contributed by atoms with Crippen LogP contribution < -0.4 is 14.4 Å². The Kier molecular flexibility index (Phi) is 7.65. The van der Waals surface area contributed by atoms with Crippen molar-refractivity contribution in [3.8, 4) is 11.5 Å². The maximum absolute atomic E-state index is 14.1. The molecule has 0 bridgehead atoms. The summed E-state index contributed by atoms with van der Waals surface area (Å²) in [5, 5.41) is 1.05. The van der Waals surface area contributed by atoms with Gasteiger partial charge in [-0.2, -0.15) is 0 Å². The number of aromatic nitrogens is 3. The first-order chi connectivity index (χ1) is 17.5. The van der Waals surface area contributed by atoms with Crippen molar-refractivity contribution >= 4 is 26.6 Å². The Morgan fingerprint density at radius 1 is 1.11 bits per heavy atom. The van der Waals surface area contributed by atoms with E-state index in [0.29, 0.717) is 43.2 Å². The molecule has 0 radical (unpaired) electrons. The number of rotatable bonds is 8. The van der Waals surface area contributed by atoms with Crippen LogP contribution in [0.2, 0.25) is 0 Å².